The minimum absolute atomic E-state index is 0.421. The van der Waals surface area contributed by atoms with Crippen molar-refractivity contribution in [2.75, 3.05) is 30.9 Å². The molecule has 1 aromatic heterocycles. The number of nitrogens with two attached hydrogens (primary N) is 1. The molecule has 2 N–H and O–H groups in total. The zero-order chi connectivity index (χ0) is 14.7. The average Bonchev–Trinajstić information content (AvgIpc) is 2.77. The number of anilines is 2. The molecule has 0 aliphatic rings. The lowest BCUT2D eigenvalue weighted by Gasteiger charge is -2.31. The monoisotopic (exact) mass is 293 g/mol. The molecule has 0 bridgehead atoms. The van der Waals surface area contributed by atoms with Crippen LogP contribution in [0.15, 0.2) is 12.1 Å². The lowest BCUT2D eigenvalue weighted by atomic mass is 10.1. The summed E-state index contributed by atoms with van der Waals surface area (Å²) in [5.74, 6) is 0. The summed E-state index contributed by atoms with van der Waals surface area (Å²) in [7, 11) is 1.73. The molecule has 110 valence electrons. The number of benzene rings is 1. The number of methoxy groups -OCH3 is 1. The summed E-state index contributed by atoms with van der Waals surface area (Å²) in [6.45, 7) is 7.96. The Kier molecular flexibility index (Phi) is 4.83. The van der Waals surface area contributed by atoms with E-state index in [9.17, 15) is 0 Å². The van der Waals surface area contributed by atoms with Gasteiger partial charge in [-0.1, -0.05) is 6.92 Å². The van der Waals surface area contributed by atoms with Gasteiger partial charge in [-0.05, 0) is 32.4 Å². The van der Waals surface area contributed by atoms with Crippen molar-refractivity contribution in [2.45, 2.75) is 33.2 Å². The van der Waals surface area contributed by atoms with E-state index in [4.69, 9.17) is 10.5 Å². The van der Waals surface area contributed by atoms with Crippen molar-refractivity contribution in [2.24, 2.45) is 0 Å². The van der Waals surface area contributed by atoms with Crippen LogP contribution in [0.2, 0.25) is 0 Å². The first-order valence-electron chi connectivity index (χ1n) is 6.99. The molecule has 2 aromatic rings. The molecule has 5 heteroatoms. The summed E-state index contributed by atoms with van der Waals surface area (Å²) in [5.41, 5.74) is 9.17. The Bertz CT molecular complexity index is 582. The average molecular weight is 293 g/mol. The maximum atomic E-state index is 6.26. The second kappa shape index (κ2) is 6.41. The van der Waals surface area contributed by atoms with E-state index in [1.165, 1.54) is 0 Å². The molecule has 0 radical (unpaired) electrons. The van der Waals surface area contributed by atoms with Gasteiger partial charge in [0.05, 0.1) is 33.2 Å². The van der Waals surface area contributed by atoms with Crippen LogP contribution in [0.3, 0.4) is 0 Å². The minimum atomic E-state index is 0.421. The lowest BCUT2D eigenvalue weighted by Crippen LogP contribution is -2.35. The third-order valence-corrected chi connectivity index (χ3v) is 4.55. The molecule has 0 aliphatic carbocycles. The Morgan fingerprint density at radius 3 is 2.85 bits per heavy atom. The first-order chi connectivity index (χ1) is 9.56. The molecule has 4 nitrogen and oxygen atoms in total. The van der Waals surface area contributed by atoms with Gasteiger partial charge in [-0.3, -0.25) is 0 Å². The predicted molar refractivity (Wildman–Crippen MR) is 87.7 cm³/mol. The second-order valence-electron chi connectivity index (χ2n) is 5.06. The number of ether oxygens (including phenoxy) is 1. The Balaban J connectivity index is 2.42. The van der Waals surface area contributed by atoms with Gasteiger partial charge in [-0.15, -0.1) is 11.3 Å². The van der Waals surface area contributed by atoms with Crippen LogP contribution in [-0.2, 0) is 4.74 Å². The van der Waals surface area contributed by atoms with Gasteiger partial charge in [-0.2, -0.15) is 0 Å². The standard InChI is InChI=1S/C15H23N3OS/c1-5-10(2)18(6-7-19-4)14-9-13-15(8-12(14)16)20-11(3)17-13/h8-10H,5-7,16H2,1-4H3. The number of aromatic nitrogens is 1. The molecule has 0 spiro atoms. The van der Waals surface area contributed by atoms with Gasteiger partial charge in [0.2, 0.25) is 0 Å². The van der Waals surface area contributed by atoms with E-state index in [1.54, 1.807) is 18.4 Å². The van der Waals surface area contributed by atoms with Crippen molar-refractivity contribution in [3.05, 3.63) is 17.1 Å². The molecule has 0 saturated heterocycles. The van der Waals surface area contributed by atoms with Crippen LogP contribution in [0.5, 0.6) is 0 Å². The van der Waals surface area contributed by atoms with Gasteiger partial charge in [0, 0.05) is 19.7 Å². The van der Waals surface area contributed by atoms with E-state index < -0.39 is 0 Å². The van der Waals surface area contributed by atoms with E-state index in [0.717, 1.165) is 39.6 Å². The molecule has 1 aromatic carbocycles. The van der Waals surface area contributed by atoms with E-state index in [2.05, 4.69) is 29.8 Å². The number of fused-ring (bicyclic) bond motifs is 1. The summed E-state index contributed by atoms with van der Waals surface area (Å²) in [6, 6.07) is 4.57. The van der Waals surface area contributed by atoms with Gasteiger partial charge in [0.1, 0.15) is 0 Å². The van der Waals surface area contributed by atoms with Crippen molar-refractivity contribution < 1.29 is 4.74 Å². The van der Waals surface area contributed by atoms with Gasteiger partial charge in [-0.25, -0.2) is 4.98 Å². The predicted octanol–water partition coefficient (Wildman–Crippen LogP) is 3.44. The molecule has 1 atom stereocenters. The maximum Gasteiger partial charge on any atom is 0.0907 e. The molecule has 0 amide bonds. The molecule has 0 fully saturated rings. The van der Waals surface area contributed by atoms with E-state index in [-0.39, 0.29) is 0 Å². The quantitative estimate of drug-likeness (QED) is 0.829. The molecule has 2 rings (SSSR count). The van der Waals surface area contributed by atoms with Gasteiger partial charge in [0.15, 0.2) is 0 Å². The summed E-state index contributed by atoms with van der Waals surface area (Å²) >= 11 is 1.68. The molecule has 0 aliphatic heterocycles. The van der Waals surface area contributed by atoms with E-state index in [0.29, 0.717) is 12.6 Å². The number of rotatable bonds is 6. The normalized spacial score (nSPS) is 12.8. The fraction of sp³-hybridized carbons (Fsp3) is 0.533. The first-order valence-corrected chi connectivity index (χ1v) is 7.80. The van der Waals surface area contributed by atoms with Crippen LogP contribution >= 0.6 is 11.3 Å². The lowest BCUT2D eigenvalue weighted by molar-refractivity contribution is 0.203. The summed E-state index contributed by atoms with van der Waals surface area (Å²) in [4.78, 5) is 6.88. The van der Waals surface area contributed by atoms with Crippen LogP contribution < -0.4 is 10.6 Å². The van der Waals surface area contributed by atoms with E-state index in [1.807, 2.05) is 13.0 Å². The Morgan fingerprint density at radius 2 is 2.20 bits per heavy atom. The number of aryl methyl sites for hydroxylation is 1. The van der Waals surface area contributed by atoms with Crippen LogP contribution in [0.4, 0.5) is 11.4 Å². The SMILES string of the molecule is CCC(C)N(CCOC)c1cc2nc(C)sc2cc1N. The van der Waals surface area contributed by atoms with Gasteiger partial charge < -0.3 is 15.4 Å². The van der Waals surface area contributed by atoms with Crippen molar-refractivity contribution in [3.8, 4) is 0 Å². The molecule has 1 heterocycles. The van der Waals surface area contributed by atoms with Crippen molar-refractivity contribution in [1.29, 1.82) is 0 Å². The third kappa shape index (κ3) is 3.04. The first kappa shape index (κ1) is 15.1. The second-order valence-corrected chi connectivity index (χ2v) is 6.29. The zero-order valence-corrected chi connectivity index (χ0v) is 13.5. The fourth-order valence-electron chi connectivity index (χ4n) is 2.33. The Morgan fingerprint density at radius 1 is 1.45 bits per heavy atom. The summed E-state index contributed by atoms with van der Waals surface area (Å²) < 4.78 is 6.38. The van der Waals surface area contributed by atoms with Crippen LogP contribution in [-0.4, -0.2) is 31.3 Å². The van der Waals surface area contributed by atoms with Gasteiger partial charge >= 0.3 is 0 Å². The Labute approximate surface area is 124 Å². The maximum absolute atomic E-state index is 6.26. The van der Waals surface area contributed by atoms with Crippen LogP contribution in [0.1, 0.15) is 25.3 Å². The van der Waals surface area contributed by atoms with E-state index >= 15 is 0 Å². The van der Waals surface area contributed by atoms with Crippen molar-refractivity contribution in [1.82, 2.24) is 4.98 Å². The molecule has 0 saturated carbocycles. The zero-order valence-electron chi connectivity index (χ0n) is 12.6. The number of hydrogen-bond acceptors (Lipinski definition) is 5. The number of hydrogen-bond donors (Lipinski definition) is 1. The van der Waals surface area contributed by atoms with Crippen molar-refractivity contribution >= 4 is 32.9 Å². The number of nitrogens with zero attached hydrogens (tertiary/aromatic N) is 2. The fourth-order valence-corrected chi connectivity index (χ4v) is 3.19. The van der Waals surface area contributed by atoms with Gasteiger partial charge in [0.25, 0.3) is 0 Å². The third-order valence-electron chi connectivity index (χ3n) is 3.61. The smallest absolute Gasteiger partial charge is 0.0907 e. The summed E-state index contributed by atoms with van der Waals surface area (Å²) in [6.07, 6.45) is 1.07. The highest BCUT2D eigenvalue weighted by atomic mass is 32.1. The van der Waals surface area contributed by atoms with Crippen molar-refractivity contribution in [3.63, 3.8) is 0 Å². The van der Waals surface area contributed by atoms with Crippen LogP contribution in [0, 0.1) is 6.92 Å². The largest absolute Gasteiger partial charge is 0.397 e. The highest BCUT2D eigenvalue weighted by Crippen LogP contribution is 2.33. The molecule has 20 heavy (non-hydrogen) atoms. The van der Waals surface area contributed by atoms with Crippen LogP contribution in [0.25, 0.3) is 10.2 Å². The highest BCUT2D eigenvalue weighted by molar-refractivity contribution is 7.18. The summed E-state index contributed by atoms with van der Waals surface area (Å²) in [5, 5.41) is 1.07. The topological polar surface area (TPSA) is 51.4 Å². The molecular weight excluding hydrogens is 270 g/mol. The number of thiazole rings is 1. The molecular formula is C15H23N3OS. The Hall–Kier alpha value is -1.33. The molecule has 1 unspecified atom stereocenters. The minimum Gasteiger partial charge on any atom is -0.397 e. The highest BCUT2D eigenvalue weighted by Gasteiger charge is 2.17. The number of nitrogen functional groups attached to an aromatic ring is 1.